The number of rotatable bonds is 3. The molecule has 1 aromatic carbocycles. The Bertz CT molecular complexity index is 711. The van der Waals surface area contributed by atoms with Crippen LogP contribution in [-0.2, 0) is 11.2 Å². The van der Waals surface area contributed by atoms with Gasteiger partial charge in [0.1, 0.15) is 18.7 Å². The van der Waals surface area contributed by atoms with Gasteiger partial charge in [0.15, 0.2) is 0 Å². The Balaban J connectivity index is 1.97. The summed E-state index contributed by atoms with van der Waals surface area (Å²) in [6.45, 7) is 2.40. The maximum atomic E-state index is 12.8. The van der Waals surface area contributed by atoms with Crippen molar-refractivity contribution in [2.24, 2.45) is 5.73 Å². The van der Waals surface area contributed by atoms with E-state index in [9.17, 15) is 9.59 Å². The van der Waals surface area contributed by atoms with Gasteiger partial charge in [0.25, 0.3) is 5.91 Å². The van der Waals surface area contributed by atoms with Crippen LogP contribution in [0.3, 0.4) is 0 Å². The van der Waals surface area contributed by atoms with E-state index in [0.717, 1.165) is 24.1 Å². The molecule has 0 bridgehead atoms. The lowest BCUT2D eigenvalue weighted by atomic mass is 9.95. The minimum atomic E-state index is -0.463. The molecule has 0 fully saturated rings. The van der Waals surface area contributed by atoms with Crippen LogP contribution in [0, 0.1) is 0 Å². The summed E-state index contributed by atoms with van der Waals surface area (Å²) in [5.41, 5.74) is 7.53. The zero-order valence-corrected chi connectivity index (χ0v) is 12.3. The number of fused-ring (bicyclic) bond motifs is 1. The lowest BCUT2D eigenvalue weighted by Gasteiger charge is -2.32. The third-order valence-corrected chi connectivity index (χ3v) is 3.97. The highest BCUT2D eigenvalue weighted by molar-refractivity contribution is 6.01. The highest BCUT2D eigenvalue weighted by atomic mass is 16.2. The van der Waals surface area contributed by atoms with Crippen molar-refractivity contribution in [1.29, 1.82) is 0 Å². The fourth-order valence-corrected chi connectivity index (χ4v) is 2.84. The van der Waals surface area contributed by atoms with E-state index in [0.29, 0.717) is 12.1 Å². The van der Waals surface area contributed by atoms with E-state index in [2.05, 4.69) is 10.1 Å². The molecule has 3 rings (SSSR count). The standard InChI is InChI=1S/C15H17N5O2/c1-10(20-9-17-8-18-20)15(22)19-7-3-5-11-12(14(16)21)4-2-6-13(11)19/h2,4,6,8-10H,3,5,7H2,1H3,(H2,16,21). The van der Waals surface area contributed by atoms with Crippen LogP contribution in [0.2, 0.25) is 0 Å². The minimum absolute atomic E-state index is 0.0759. The Morgan fingerprint density at radius 1 is 1.36 bits per heavy atom. The summed E-state index contributed by atoms with van der Waals surface area (Å²) < 4.78 is 1.52. The first-order valence-electron chi connectivity index (χ1n) is 7.16. The van der Waals surface area contributed by atoms with Gasteiger partial charge in [-0.3, -0.25) is 9.59 Å². The van der Waals surface area contributed by atoms with Gasteiger partial charge in [-0.05, 0) is 37.5 Å². The van der Waals surface area contributed by atoms with Gasteiger partial charge in [-0.25, -0.2) is 9.67 Å². The molecule has 7 heteroatoms. The van der Waals surface area contributed by atoms with Gasteiger partial charge in [0.05, 0.1) is 0 Å². The van der Waals surface area contributed by atoms with Crippen LogP contribution in [0.1, 0.15) is 35.3 Å². The second kappa shape index (κ2) is 5.59. The third kappa shape index (κ3) is 2.34. The molecular formula is C15H17N5O2. The molecule has 1 aliphatic rings. The zero-order valence-electron chi connectivity index (χ0n) is 12.3. The van der Waals surface area contributed by atoms with Crippen molar-refractivity contribution < 1.29 is 9.59 Å². The quantitative estimate of drug-likeness (QED) is 0.911. The molecule has 1 aromatic heterocycles. The van der Waals surface area contributed by atoms with Crippen LogP contribution >= 0.6 is 0 Å². The molecule has 7 nitrogen and oxygen atoms in total. The monoisotopic (exact) mass is 299 g/mol. The molecule has 0 spiro atoms. The van der Waals surface area contributed by atoms with E-state index in [4.69, 9.17) is 5.73 Å². The summed E-state index contributed by atoms with van der Waals surface area (Å²) in [6, 6.07) is 4.86. The number of carbonyl (C=O) groups is 2. The van der Waals surface area contributed by atoms with Gasteiger partial charge in [-0.15, -0.1) is 0 Å². The lowest BCUT2D eigenvalue weighted by molar-refractivity contribution is -0.121. The molecule has 2 N–H and O–H groups in total. The number of benzene rings is 1. The predicted molar refractivity (Wildman–Crippen MR) is 80.4 cm³/mol. The number of nitrogens with two attached hydrogens (primary N) is 1. The topological polar surface area (TPSA) is 94.1 Å². The van der Waals surface area contributed by atoms with Crippen LogP contribution in [-0.4, -0.2) is 33.1 Å². The Morgan fingerprint density at radius 2 is 2.18 bits per heavy atom. The average Bonchev–Trinajstić information content (AvgIpc) is 3.06. The average molecular weight is 299 g/mol. The highest BCUT2D eigenvalue weighted by Crippen LogP contribution is 2.31. The van der Waals surface area contributed by atoms with E-state index in [1.165, 1.54) is 17.3 Å². The van der Waals surface area contributed by atoms with E-state index in [1.54, 1.807) is 24.0 Å². The largest absolute Gasteiger partial charge is 0.366 e. The normalized spacial score (nSPS) is 15.2. The molecule has 1 atom stereocenters. The van der Waals surface area contributed by atoms with Crippen molar-refractivity contribution in [1.82, 2.24) is 14.8 Å². The van der Waals surface area contributed by atoms with Crippen LogP contribution in [0.5, 0.6) is 0 Å². The molecule has 2 aromatic rings. The lowest BCUT2D eigenvalue weighted by Crippen LogP contribution is -2.40. The molecule has 2 heterocycles. The summed E-state index contributed by atoms with van der Waals surface area (Å²) in [4.78, 5) is 29.9. The number of primary amides is 1. The Labute approximate surface area is 127 Å². The second-order valence-corrected chi connectivity index (χ2v) is 5.31. The summed E-state index contributed by atoms with van der Waals surface area (Å²) in [6.07, 6.45) is 4.47. The third-order valence-electron chi connectivity index (χ3n) is 3.97. The summed E-state index contributed by atoms with van der Waals surface area (Å²) >= 11 is 0. The number of aromatic nitrogens is 3. The highest BCUT2D eigenvalue weighted by Gasteiger charge is 2.29. The number of hydrogen-bond acceptors (Lipinski definition) is 4. The maximum absolute atomic E-state index is 12.8. The van der Waals surface area contributed by atoms with Crippen molar-refractivity contribution in [2.45, 2.75) is 25.8 Å². The van der Waals surface area contributed by atoms with Gasteiger partial charge in [-0.1, -0.05) is 6.07 Å². The molecule has 0 saturated heterocycles. The van der Waals surface area contributed by atoms with E-state index in [-0.39, 0.29) is 5.91 Å². The van der Waals surface area contributed by atoms with Crippen LogP contribution in [0.4, 0.5) is 5.69 Å². The van der Waals surface area contributed by atoms with Gasteiger partial charge in [0, 0.05) is 17.8 Å². The van der Waals surface area contributed by atoms with Gasteiger partial charge >= 0.3 is 0 Å². The fraction of sp³-hybridized carbons (Fsp3) is 0.333. The molecular weight excluding hydrogens is 282 g/mol. The summed E-state index contributed by atoms with van der Waals surface area (Å²) in [5, 5.41) is 4.02. The number of amides is 2. The molecule has 1 unspecified atom stereocenters. The van der Waals surface area contributed by atoms with Crippen LogP contribution in [0.25, 0.3) is 0 Å². The SMILES string of the molecule is CC(C(=O)N1CCCc2c(C(N)=O)cccc21)n1cncn1. The zero-order chi connectivity index (χ0) is 15.7. The van der Waals surface area contributed by atoms with Gasteiger partial charge in [-0.2, -0.15) is 5.10 Å². The van der Waals surface area contributed by atoms with Crippen molar-refractivity contribution in [3.63, 3.8) is 0 Å². The number of carbonyl (C=O) groups excluding carboxylic acids is 2. The first-order valence-corrected chi connectivity index (χ1v) is 7.16. The van der Waals surface area contributed by atoms with E-state index >= 15 is 0 Å². The Kier molecular flexibility index (Phi) is 3.62. The minimum Gasteiger partial charge on any atom is -0.366 e. The number of anilines is 1. The molecule has 114 valence electrons. The molecule has 0 saturated carbocycles. The molecule has 1 aliphatic heterocycles. The van der Waals surface area contributed by atoms with Gasteiger partial charge < -0.3 is 10.6 Å². The van der Waals surface area contributed by atoms with Crippen LogP contribution in [0.15, 0.2) is 30.9 Å². The van der Waals surface area contributed by atoms with E-state index in [1.807, 2.05) is 6.07 Å². The Morgan fingerprint density at radius 3 is 2.86 bits per heavy atom. The maximum Gasteiger partial charge on any atom is 0.251 e. The predicted octanol–water partition coefficient (Wildman–Crippen LogP) is 0.917. The van der Waals surface area contributed by atoms with Crippen molar-refractivity contribution >= 4 is 17.5 Å². The molecule has 0 aliphatic carbocycles. The fourth-order valence-electron chi connectivity index (χ4n) is 2.84. The van der Waals surface area contributed by atoms with E-state index < -0.39 is 11.9 Å². The molecule has 22 heavy (non-hydrogen) atoms. The number of hydrogen-bond donors (Lipinski definition) is 1. The first-order chi connectivity index (χ1) is 10.6. The van der Waals surface area contributed by atoms with Crippen molar-refractivity contribution in [3.8, 4) is 0 Å². The second-order valence-electron chi connectivity index (χ2n) is 5.31. The smallest absolute Gasteiger partial charge is 0.251 e. The molecule has 0 radical (unpaired) electrons. The Hall–Kier alpha value is -2.70. The van der Waals surface area contributed by atoms with Gasteiger partial charge in [0.2, 0.25) is 5.91 Å². The van der Waals surface area contributed by atoms with Crippen molar-refractivity contribution in [3.05, 3.63) is 42.0 Å². The molecule has 2 amide bonds. The summed E-state index contributed by atoms with van der Waals surface area (Å²) in [7, 11) is 0. The van der Waals surface area contributed by atoms with Crippen molar-refractivity contribution in [2.75, 3.05) is 11.4 Å². The van der Waals surface area contributed by atoms with Crippen LogP contribution < -0.4 is 10.6 Å². The first kappa shape index (κ1) is 14.2. The number of nitrogens with zero attached hydrogens (tertiary/aromatic N) is 4. The summed E-state index contributed by atoms with van der Waals surface area (Å²) in [5.74, 6) is -0.538.